The van der Waals surface area contributed by atoms with Crippen molar-refractivity contribution in [1.29, 1.82) is 0 Å². The van der Waals surface area contributed by atoms with Crippen molar-refractivity contribution >= 4 is 6.09 Å². The standard InChI is InChI=1S/C20H37NO4/c1-15-7-8-17(13-16(2)24-15)14-20(23-6)9-11-21(12-10-20)18(22)25-19(3,4)5/h15-17H,7-14H2,1-6H3/t15-,16+,17?/m0/s1. The number of methoxy groups -OCH3 is 1. The first-order valence-electron chi connectivity index (χ1n) is 9.81. The van der Waals surface area contributed by atoms with Crippen LogP contribution >= 0.6 is 0 Å². The highest BCUT2D eigenvalue weighted by atomic mass is 16.6. The molecule has 3 atom stereocenters. The maximum atomic E-state index is 12.3. The van der Waals surface area contributed by atoms with Crippen molar-refractivity contribution in [3.63, 3.8) is 0 Å². The number of ether oxygens (including phenoxy) is 3. The molecule has 2 rings (SSSR count). The fourth-order valence-electron chi connectivity index (χ4n) is 4.20. The zero-order valence-corrected chi connectivity index (χ0v) is 17.0. The second-order valence-corrected chi connectivity index (χ2v) is 9.00. The minimum Gasteiger partial charge on any atom is -0.444 e. The lowest BCUT2D eigenvalue weighted by molar-refractivity contribution is -0.0762. The minimum absolute atomic E-state index is 0.115. The van der Waals surface area contributed by atoms with Gasteiger partial charge in [-0.2, -0.15) is 0 Å². The molecule has 0 bridgehead atoms. The quantitative estimate of drug-likeness (QED) is 0.753. The fourth-order valence-corrected chi connectivity index (χ4v) is 4.20. The van der Waals surface area contributed by atoms with E-state index in [0.29, 0.717) is 31.2 Å². The number of nitrogens with zero attached hydrogens (tertiary/aromatic N) is 1. The Morgan fingerprint density at radius 3 is 2.36 bits per heavy atom. The molecule has 5 heteroatoms. The van der Waals surface area contributed by atoms with E-state index in [4.69, 9.17) is 14.2 Å². The first-order chi connectivity index (χ1) is 11.6. The van der Waals surface area contributed by atoms with Crippen molar-refractivity contribution in [2.75, 3.05) is 20.2 Å². The van der Waals surface area contributed by atoms with Gasteiger partial charge in [-0.3, -0.25) is 0 Å². The molecule has 1 unspecified atom stereocenters. The van der Waals surface area contributed by atoms with E-state index in [9.17, 15) is 4.79 Å². The van der Waals surface area contributed by atoms with Crippen LogP contribution < -0.4 is 0 Å². The molecule has 5 nitrogen and oxygen atoms in total. The first-order valence-corrected chi connectivity index (χ1v) is 9.81. The predicted molar refractivity (Wildman–Crippen MR) is 98.7 cm³/mol. The van der Waals surface area contributed by atoms with Gasteiger partial charge in [0.15, 0.2) is 0 Å². The van der Waals surface area contributed by atoms with Crippen molar-refractivity contribution in [2.45, 2.75) is 96.6 Å². The van der Waals surface area contributed by atoms with Crippen molar-refractivity contribution in [3.8, 4) is 0 Å². The largest absolute Gasteiger partial charge is 0.444 e. The van der Waals surface area contributed by atoms with E-state index in [0.717, 1.165) is 32.1 Å². The monoisotopic (exact) mass is 355 g/mol. The Balaban J connectivity index is 1.91. The highest BCUT2D eigenvalue weighted by Gasteiger charge is 2.39. The molecule has 2 heterocycles. The molecule has 0 aromatic carbocycles. The summed E-state index contributed by atoms with van der Waals surface area (Å²) in [5.41, 5.74) is -0.559. The van der Waals surface area contributed by atoms with Gasteiger partial charge in [-0.15, -0.1) is 0 Å². The SMILES string of the molecule is COC1(CC2CC[C@H](C)O[C@H](C)C2)CCN(C(=O)OC(C)(C)C)CC1. The van der Waals surface area contributed by atoms with Gasteiger partial charge in [0.25, 0.3) is 0 Å². The summed E-state index contributed by atoms with van der Waals surface area (Å²) >= 11 is 0. The summed E-state index contributed by atoms with van der Waals surface area (Å²) in [5, 5.41) is 0. The lowest BCUT2D eigenvalue weighted by atomic mass is 9.79. The summed E-state index contributed by atoms with van der Waals surface area (Å²) in [6.07, 6.45) is 6.71. The average Bonchev–Trinajstić information content (AvgIpc) is 2.66. The molecule has 2 saturated heterocycles. The summed E-state index contributed by atoms with van der Waals surface area (Å²) in [7, 11) is 1.82. The molecule has 0 spiro atoms. The lowest BCUT2D eigenvalue weighted by Gasteiger charge is -2.42. The van der Waals surface area contributed by atoms with E-state index >= 15 is 0 Å². The van der Waals surface area contributed by atoms with E-state index in [1.807, 2.05) is 32.8 Å². The predicted octanol–water partition coefficient (Wildman–Crippen LogP) is 4.39. The summed E-state index contributed by atoms with van der Waals surface area (Å²) in [6, 6.07) is 0. The molecule has 2 fully saturated rings. The van der Waals surface area contributed by atoms with Crippen molar-refractivity contribution in [2.24, 2.45) is 5.92 Å². The highest BCUT2D eigenvalue weighted by molar-refractivity contribution is 5.68. The maximum Gasteiger partial charge on any atom is 0.410 e. The van der Waals surface area contributed by atoms with Gasteiger partial charge in [0, 0.05) is 20.2 Å². The molecular weight excluding hydrogens is 318 g/mol. The van der Waals surface area contributed by atoms with Crippen LogP contribution in [0.3, 0.4) is 0 Å². The number of carbonyl (C=O) groups is 1. The first kappa shape index (κ1) is 20.5. The van der Waals surface area contributed by atoms with Crippen LogP contribution in [-0.2, 0) is 14.2 Å². The molecule has 0 aliphatic carbocycles. The maximum absolute atomic E-state index is 12.3. The van der Waals surface area contributed by atoms with Crippen molar-refractivity contribution < 1.29 is 19.0 Å². The van der Waals surface area contributed by atoms with Crippen LogP contribution in [0.2, 0.25) is 0 Å². The number of hydrogen-bond acceptors (Lipinski definition) is 4. The third-order valence-electron chi connectivity index (χ3n) is 5.53. The zero-order chi connectivity index (χ0) is 18.7. The van der Waals surface area contributed by atoms with Gasteiger partial charge in [0.05, 0.1) is 17.8 Å². The van der Waals surface area contributed by atoms with E-state index in [2.05, 4.69) is 13.8 Å². The van der Waals surface area contributed by atoms with Gasteiger partial charge >= 0.3 is 6.09 Å². The normalized spacial score (nSPS) is 30.6. The van der Waals surface area contributed by atoms with Crippen LogP contribution in [0.4, 0.5) is 4.79 Å². The Bertz CT molecular complexity index is 437. The van der Waals surface area contributed by atoms with Crippen LogP contribution in [0.15, 0.2) is 0 Å². The molecule has 0 saturated carbocycles. The number of piperidine rings is 1. The van der Waals surface area contributed by atoms with Gasteiger partial charge < -0.3 is 19.1 Å². The Hall–Kier alpha value is -0.810. The third-order valence-corrected chi connectivity index (χ3v) is 5.53. The Labute approximate surface area is 153 Å². The second-order valence-electron chi connectivity index (χ2n) is 9.00. The third kappa shape index (κ3) is 6.14. The number of hydrogen-bond donors (Lipinski definition) is 0. The van der Waals surface area contributed by atoms with Crippen LogP contribution in [0.1, 0.15) is 73.1 Å². The van der Waals surface area contributed by atoms with E-state index in [-0.39, 0.29) is 11.7 Å². The van der Waals surface area contributed by atoms with E-state index in [1.54, 1.807) is 0 Å². The summed E-state index contributed by atoms with van der Waals surface area (Å²) in [6.45, 7) is 11.5. The molecule has 0 aromatic heterocycles. The Kier molecular flexibility index (Phi) is 6.77. The minimum atomic E-state index is -0.444. The lowest BCUT2D eigenvalue weighted by Crippen LogP contribution is -2.49. The number of amides is 1. The van der Waals surface area contributed by atoms with Crippen LogP contribution in [-0.4, -0.2) is 54.6 Å². The molecule has 2 aliphatic rings. The molecule has 0 aromatic rings. The molecule has 1 amide bonds. The molecule has 25 heavy (non-hydrogen) atoms. The molecule has 146 valence electrons. The summed E-state index contributed by atoms with van der Waals surface area (Å²) < 4.78 is 17.5. The van der Waals surface area contributed by atoms with Gasteiger partial charge in [0.1, 0.15) is 5.60 Å². The van der Waals surface area contributed by atoms with E-state index in [1.165, 1.54) is 6.42 Å². The van der Waals surface area contributed by atoms with Crippen molar-refractivity contribution in [3.05, 3.63) is 0 Å². The molecule has 0 N–H and O–H groups in total. The van der Waals surface area contributed by atoms with Gasteiger partial charge in [-0.1, -0.05) is 0 Å². The van der Waals surface area contributed by atoms with Crippen LogP contribution in [0.5, 0.6) is 0 Å². The number of carbonyl (C=O) groups excluding carboxylic acids is 1. The smallest absolute Gasteiger partial charge is 0.410 e. The zero-order valence-electron chi connectivity index (χ0n) is 17.0. The number of likely N-dealkylation sites (tertiary alicyclic amines) is 1. The molecule has 0 radical (unpaired) electrons. The Morgan fingerprint density at radius 1 is 1.16 bits per heavy atom. The fraction of sp³-hybridized carbons (Fsp3) is 0.950. The summed E-state index contributed by atoms with van der Waals surface area (Å²) in [5.74, 6) is 0.632. The average molecular weight is 356 g/mol. The number of rotatable bonds is 3. The van der Waals surface area contributed by atoms with E-state index < -0.39 is 5.60 Å². The van der Waals surface area contributed by atoms with Crippen molar-refractivity contribution in [1.82, 2.24) is 4.90 Å². The van der Waals surface area contributed by atoms with Crippen LogP contribution in [0.25, 0.3) is 0 Å². The Morgan fingerprint density at radius 2 is 1.80 bits per heavy atom. The van der Waals surface area contributed by atoms with Gasteiger partial charge in [-0.25, -0.2) is 4.79 Å². The van der Waals surface area contributed by atoms with Gasteiger partial charge in [0.2, 0.25) is 0 Å². The highest BCUT2D eigenvalue weighted by Crippen LogP contribution is 2.37. The molecule has 2 aliphatic heterocycles. The summed E-state index contributed by atoms with van der Waals surface area (Å²) in [4.78, 5) is 14.1. The van der Waals surface area contributed by atoms with Gasteiger partial charge in [-0.05, 0) is 79.1 Å². The second kappa shape index (κ2) is 8.26. The topological polar surface area (TPSA) is 48.0 Å². The van der Waals surface area contributed by atoms with Crippen LogP contribution in [0, 0.1) is 5.92 Å². The molecular formula is C20H37NO4.